The summed E-state index contributed by atoms with van der Waals surface area (Å²) in [4.78, 5) is 23.9. The van der Waals surface area contributed by atoms with Gasteiger partial charge in [0.1, 0.15) is 11.5 Å². The summed E-state index contributed by atoms with van der Waals surface area (Å²) in [5, 5.41) is 5.26. The zero-order valence-corrected chi connectivity index (χ0v) is 17.1. The first-order valence-corrected chi connectivity index (χ1v) is 10.2. The van der Waals surface area contributed by atoms with Crippen LogP contribution in [0.25, 0.3) is 28.7 Å². The monoisotopic (exact) mass is 420 g/mol. The predicted octanol–water partition coefficient (Wildman–Crippen LogP) is 6.14. The number of nitrogens with one attached hydrogen (secondary N) is 2. The van der Waals surface area contributed by atoms with E-state index in [1.807, 2.05) is 61.5 Å². The number of thiazole rings is 1. The predicted molar refractivity (Wildman–Crippen MR) is 119 cm³/mol. The molecule has 2 heterocycles. The molecule has 29 heavy (non-hydrogen) atoms. The van der Waals surface area contributed by atoms with Crippen LogP contribution in [0.1, 0.15) is 23.0 Å². The molecule has 0 aliphatic carbocycles. The van der Waals surface area contributed by atoms with E-state index in [0.29, 0.717) is 16.4 Å². The van der Waals surface area contributed by atoms with Gasteiger partial charge in [-0.25, -0.2) is 9.97 Å². The van der Waals surface area contributed by atoms with Crippen LogP contribution in [-0.2, 0) is 0 Å². The zero-order chi connectivity index (χ0) is 20.2. The molecule has 2 aromatic heterocycles. The second kappa shape index (κ2) is 8.43. The number of amides is 1. The fourth-order valence-corrected chi connectivity index (χ4v) is 3.58. The number of hydrogen-bond donors (Lipinski definition) is 2. The number of aromatic nitrogens is 3. The molecule has 0 saturated carbocycles. The third-order valence-corrected chi connectivity index (χ3v) is 5.24. The van der Waals surface area contributed by atoms with E-state index in [1.54, 1.807) is 17.1 Å². The molecule has 1 amide bonds. The molecule has 0 saturated heterocycles. The minimum atomic E-state index is -0.220. The Labute approximate surface area is 177 Å². The number of hydrogen-bond acceptors (Lipinski definition) is 4. The van der Waals surface area contributed by atoms with Crippen LogP contribution in [0.2, 0.25) is 5.02 Å². The molecule has 144 valence electrons. The van der Waals surface area contributed by atoms with E-state index in [-0.39, 0.29) is 5.91 Å². The van der Waals surface area contributed by atoms with E-state index in [4.69, 9.17) is 11.6 Å². The Morgan fingerprint density at radius 2 is 1.93 bits per heavy atom. The van der Waals surface area contributed by atoms with Crippen molar-refractivity contribution in [3.05, 3.63) is 81.9 Å². The summed E-state index contributed by atoms with van der Waals surface area (Å²) >= 11 is 7.62. The van der Waals surface area contributed by atoms with Crippen LogP contribution >= 0.6 is 22.9 Å². The molecule has 0 fully saturated rings. The minimum Gasteiger partial charge on any atom is -0.338 e. The van der Waals surface area contributed by atoms with Crippen LogP contribution in [0.15, 0.2) is 65.6 Å². The standard InChI is InChI=1S/C22H17ClN4OS/c1-2-3-15-10-16(6-9-18(15)23)21-24-11-19(27-21)14-4-7-17(8-5-14)26-22(28)20-12-29-13-25-20/h2-13H,1H3,(H,24,27)(H,26,28). The molecule has 0 bridgehead atoms. The highest BCUT2D eigenvalue weighted by Gasteiger charge is 2.10. The molecule has 0 aliphatic heterocycles. The number of halogens is 1. The van der Waals surface area contributed by atoms with Crippen LogP contribution in [0.3, 0.4) is 0 Å². The number of benzene rings is 2. The van der Waals surface area contributed by atoms with Crippen LogP contribution in [-0.4, -0.2) is 20.9 Å². The molecule has 0 spiro atoms. The number of allylic oxidation sites excluding steroid dienone is 1. The van der Waals surface area contributed by atoms with Crippen molar-refractivity contribution in [3.63, 3.8) is 0 Å². The number of carbonyl (C=O) groups excluding carboxylic acids is 1. The first kappa shape index (κ1) is 19.1. The first-order chi connectivity index (χ1) is 14.1. The summed E-state index contributed by atoms with van der Waals surface area (Å²) in [7, 11) is 0. The molecule has 2 N–H and O–H groups in total. The Kier molecular flexibility index (Phi) is 5.55. The van der Waals surface area contributed by atoms with Gasteiger partial charge in [-0.05, 0) is 48.4 Å². The largest absolute Gasteiger partial charge is 0.338 e. The second-order valence-corrected chi connectivity index (χ2v) is 7.41. The van der Waals surface area contributed by atoms with Crippen molar-refractivity contribution in [2.75, 3.05) is 5.32 Å². The highest BCUT2D eigenvalue weighted by molar-refractivity contribution is 7.07. The highest BCUT2D eigenvalue weighted by atomic mass is 35.5. The average molecular weight is 421 g/mol. The van der Waals surface area contributed by atoms with E-state index in [1.165, 1.54) is 11.3 Å². The number of H-pyrrole nitrogens is 1. The van der Waals surface area contributed by atoms with Crippen LogP contribution in [0, 0.1) is 0 Å². The summed E-state index contributed by atoms with van der Waals surface area (Å²) in [6, 6.07) is 13.4. The summed E-state index contributed by atoms with van der Waals surface area (Å²) in [6.45, 7) is 1.96. The van der Waals surface area contributed by atoms with Crippen molar-refractivity contribution in [2.45, 2.75) is 6.92 Å². The number of nitrogens with zero attached hydrogens (tertiary/aromatic N) is 2. The summed E-state index contributed by atoms with van der Waals surface area (Å²) < 4.78 is 0. The molecule has 2 aromatic carbocycles. The quantitative estimate of drug-likeness (QED) is 0.407. The van der Waals surface area contributed by atoms with Gasteiger partial charge >= 0.3 is 0 Å². The van der Waals surface area contributed by atoms with Gasteiger partial charge in [0.25, 0.3) is 5.91 Å². The number of anilines is 1. The third-order valence-electron chi connectivity index (χ3n) is 4.31. The van der Waals surface area contributed by atoms with Crippen molar-refractivity contribution in [1.29, 1.82) is 0 Å². The van der Waals surface area contributed by atoms with Crippen molar-refractivity contribution in [3.8, 4) is 22.6 Å². The van der Waals surface area contributed by atoms with E-state index >= 15 is 0 Å². The molecule has 5 nitrogen and oxygen atoms in total. The lowest BCUT2D eigenvalue weighted by Gasteiger charge is -2.05. The number of carbonyl (C=O) groups is 1. The molecule has 4 aromatic rings. The van der Waals surface area contributed by atoms with Gasteiger partial charge in [0.05, 0.1) is 17.4 Å². The van der Waals surface area contributed by atoms with Gasteiger partial charge in [0.2, 0.25) is 0 Å². The number of rotatable bonds is 5. The Hall–Kier alpha value is -3.22. The van der Waals surface area contributed by atoms with E-state index in [9.17, 15) is 4.79 Å². The SMILES string of the molecule is CC=Cc1cc(-c2ncc(-c3ccc(NC(=O)c4cscn4)cc3)[nH]2)ccc1Cl. The normalized spacial score (nSPS) is 11.1. The van der Waals surface area contributed by atoms with Crippen molar-refractivity contribution in [2.24, 2.45) is 0 Å². The average Bonchev–Trinajstić information content (AvgIpc) is 3.43. The Balaban J connectivity index is 1.52. The smallest absolute Gasteiger partial charge is 0.275 e. The molecule has 7 heteroatoms. The van der Waals surface area contributed by atoms with Gasteiger partial charge in [0, 0.05) is 21.7 Å². The van der Waals surface area contributed by atoms with Crippen LogP contribution < -0.4 is 5.32 Å². The van der Waals surface area contributed by atoms with E-state index in [2.05, 4.69) is 20.3 Å². The van der Waals surface area contributed by atoms with Gasteiger partial charge < -0.3 is 10.3 Å². The lowest BCUT2D eigenvalue weighted by molar-refractivity contribution is 0.102. The summed E-state index contributed by atoms with van der Waals surface area (Å²) in [5.41, 5.74) is 6.53. The maximum absolute atomic E-state index is 12.1. The summed E-state index contributed by atoms with van der Waals surface area (Å²) in [5.74, 6) is 0.547. The maximum atomic E-state index is 12.1. The Bertz CT molecular complexity index is 1160. The Morgan fingerprint density at radius 3 is 2.66 bits per heavy atom. The Morgan fingerprint density at radius 1 is 1.14 bits per heavy atom. The molecule has 0 unspecified atom stereocenters. The van der Waals surface area contributed by atoms with Crippen molar-refractivity contribution < 1.29 is 4.79 Å². The van der Waals surface area contributed by atoms with Crippen LogP contribution in [0.4, 0.5) is 5.69 Å². The third kappa shape index (κ3) is 4.29. The van der Waals surface area contributed by atoms with Crippen molar-refractivity contribution >= 4 is 40.6 Å². The molecular weight excluding hydrogens is 404 g/mol. The summed E-state index contributed by atoms with van der Waals surface area (Å²) in [6.07, 6.45) is 5.71. The maximum Gasteiger partial charge on any atom is 0.275 e. The van der Waals surface area contributed by atoms with Crippen molar-refractivity contribution in [1.82, 2.24) is 15.0 Å². The van der Waals surface area contributed by atoms with E-state index in [0.717, 1.165) is 28.2 Å². The zero-order valence-electron chi connectivity index (χ0n) is 15.5. The molecule has 0 atom stereocenters. The topological polar surface area (TPSA) is 70.7 Å². The molecule has 0 aliphatic rings. The van der Waals surface area contributed by atoms with Gasteiger partial charge in [-0.3, -0.25) is 4.79 Å². The lowest BCUT2D eigenvalue weighted by atomic mass is 10.1. The molecule has 4 rings (SSSR count). The highest BCUT2D eigenvalue weighted by Crippen LogP contribution is 2.27. The molecular formula is C22H17ClN4OS. The van der Waals surface area contributed by atoms with Gasteiger partial charge in [-0.1, -0.05) is 35.9 Å². The second-order valence-electron chi connectivity index (χ2n) is 6.29. The first-order valence-electron chi connectivity index (χ1n) is 8.91. The molecule has 0 radical (unpaired) electrons. The lowest BCUT2D eigenvalue weighted by Crippen LogP contribution is -2.11. The number of imidazole rings is 1. The van der Waals surface area contributed by atoms with Gasteiger partial charge in [-0.2, -0.15) is 0 Å². The minimum absolute atomic E-state index is 0.220. The van der Waals surface area contributed by atoms with E-state index < -0.39 is 0 Å². The fraction of sp³-hybridized carbons (Fsp3) is 0.0455. The van der Waals surface area contributed by atoms with Gasteiger partial charge in [-0.15, -0.1) is 11.3 Å². The number of aromatic amines is 1. The van der Waals surface area contributed by atoms with Crippen LogP contribution in [0.5, 0.6) is 0 Å². The van der Waals surface area contributed by atoms with Gasteiger partial charge in [0.15, 0.2) is 0 Å². The fourth-order valence-electron chi connectivity index (χ4n) is 2.87.